The molecule has 126 valence electrons. The molecule has 1 spiro atoms. The van der Waals surface area contributed by atoms with E-state index in [1.807, 2.05) is 18.2 Å². The van der Waals surface area contributed by atoms with Crippen molar-refractivity contribution in [3.8, 4) is 11.3 Å². The zero-order valence-corrected chi connectivity index (χ0v) is 13.6. The lowest BCUT2D eigenvalue weighted by atomic mass is 9.92. The van der Waals surface area contributed by atoms with Crippen LogP contribution in [0.1, 0.15) is 18.6 Å². The number of ether oxygens (including phenoxy) is 1. The van der Waals surface area contributed by atoms with Crippen molar-refractivity contribution in [3.05, 3.63) is 36.4 Å². The molecule has 1 unspecified atom stereocenters. The van der Waals surface area contributed by atoms with E-state index in [4.69, 9.17) is 9.26 Å². The second-order valence-corrected chi connectivity index (χ2v) is 6.64. The van der Waals surface area contributed by atoms with Crippen LogP contribution < -0.4 is 0 Å². The van der Waals surface area contributed by atoms with Gasteiger partial charge in [0.05, 0.1) is 13.1 Å². The fraction of sp³-hybridized carbons (Fsp3) is 0.471. The molecular weight excluding hydrogens is 308 g/mol. The van der Waals surface area contributed by atoms with Crippen LogP contribution in [-0.4, -0.2) is 58.3 Å². The number of hydrogen-bond donors (Lipinski definition) is 0. The van der Waals surface area contributed by atoms with E-state index in [1.54, 1.807) is 24.3 Å². The summed E-state index contributed by atoms with van der Waals surface area (Å²) < 4.78 is 11.1. The maximum Gasteiger partial charge on any atom is 0.410 e. The molecule has 2 aromatic rings. The topological polar surface area (TPSA) is 71.7 Å². The van der Waals surface area contributed by atoms with Crippen molar-refractivity contribution < 1.29 is 14.1 Å². The van der Waals surface area contributed by atoms with Gasteiger partial charge in [-0.1, -0.05) is 5.16 Å². The van der Waals surface area contributed by atoms with E-state index in [1.165, 1.54) is 0 Å². The van der Waals surface area contributed by atoms with Gasteiger partial charge in [0.15, 0.2) is 5.76 Å². The first kappa shape index (κ1) is 15.1. The Morgan fingerprint density at radius 3 is 3.04 bits per heavy atom. The first-order valence-electron chi connectivity index (χ1n) is 8.16. The molecule has 2 fully saturated rings. The Balaban J connectivity index is 1.44. The number of nitrogens with zero attached hydrogens (tertiary/aromatic N) is 4. The van der Waals surface area contributed by atoms with Crippen LogP contribution in [0.2, 0.25) is 0 Å². The molecule has 1 atom stereocenters. The van der Waals surface area contributed by atoms with Gasteiger partial charge in [-0.25, -0.2) is 4.79 Å². The Morgan fingerprint density at radius 2 is 2.29 bits per heavy atom. The molecule has 4 rings (SSSR count). The lowest BCUT2D eigenvalue weighted by Gasteiger charge is -2.37. The average Bonchev–Trinajstić information content (AvgIpc) is 3.14. The van der Waals surface area contributed by atoms with E-state index in [0.717, 1.165) is 42.9 Å². The molecule has 7 nitrogen and oxygen atoms in total. The molecule has 0 bridgehead atoms. The number of likely N-dealkylation sites (N-methyl/N-ethyl adjacent to an activating group) is 1. The minimum absolute atomic E-state index is 0.227. The molecule has 0 aliphatic carbocycles. The fourth-order valence-electron chi connectivity index (χ4n) is 3.59. The van der Waals surface area contributed by atoms with Crippen molar-refractivity contribution in [3.63, 3.8) is 0 Å². The average molecular weight is 328 g/mol. The molecule has 4 heterocycles. The number of pyridine rings is 1. The van der Waals surface area contributed by atoms with Gasteiger partial charge in [-0.2, -0.15) is 0 Å². The van der Waals surface area contributed by atoms with Gasteiger partial charge in [-0.3, -0.25) is 9.88 Å². The fourth-order valence-corrected chi connectivity index (χ4v) is 3.59. The van der Waals surface area contributed by atoms with E-state index in [0.29, 0.717) is 13.1 Å². The number of hydrogen-bond acceptors (Lipinski definition) is 6. The van der Waals surface area contributed by atoms with E-state index < -0.39 is 0 Å². The molecule has 0 aromatic carbocycles. The Morgan fingerprint density at radius 1 is 1.38 bits per heavy atom. The molecule has 7 heteroatoms. The highest BCUT2D eigenvalue weighted by atomic mass is 16.6. The normalized spacial score (nSPS) is 24.5. The summed E-state index contributed by atoms with van der Waals surface area (Å²) in [5, 5.41) is 4.13. The summed E-state index contributed by atoms with van der Waals surface area (Å²) in [5.41, 5.74) is 1.35. The van der Waals surface area contributed by atoms with Gasteiger partial charge >= 0.3 is 6.09 Å². The highest BCUT2D eigenvalue weighted by Gasteiger charge is 2.46. The first-order chi connectivity index (χ1) is 11.6. The second-order valence-electron chi connectivity index (χ2n) is 6.64. The number of amides is 1. The molecule has 2 saturated heterocycles. The molecule has 0 radical (unpaired) electrons. The van der Waals surface area contributed by atoms with Crippen molar-refractivity contribution in [2.45, 2.75) is 25.0 Å². The van der Waals surface area contributed by atoms with E-state index >= 15 is 0 Å². The molecule has 0 saturated carbocycles. The summed E-state index contributed by atoms with van der Waals surface area (Å²) in [7, 11) is 1.78. The maximum atomic E-state index is 11.7. The highest BCUT2D eigenvalue weighted by Crippen LogP contribution is 2.32. The largest absolute Gasteiger partial charge is 0.440 e. The summed E-state index contributed by atoms with van der Waals surface area (Å²) in [6.45, 7) is 3.01. The van der Waals surface area contributed by atoms with Gasteiger partial charge in [0.1, 0.15) is 11.3 Å². The molecule has 24 heavy (non-hydrogen) atoms. The van der Waals surface area contributed by atoms with Crippen molar-refractivity contribution in [1.29, 1.82) is 0 Å². The third-order valence-electron chi connectivity index (χ3n) is 4.66. The monoisotopic (exact) mass is 328 g/mol. The predicted molar refractivity (Wildman–Crippen MR) is 86.1 cm³/mol. The van der Waals surface area contributed by atoms with Gasteiger partial charge in [0.25, 0.3) is 0 Å². The van der Waals surface area contributed by atoms with Crippen molar-refractivity contribution >= 4 is 6.09 Å². The second kappa shape index (κ2) is 5.90. The lowest BCUT2D eigenvalue weighted by molar-refractivity contribution is -0.0134. The van der Waals surface area contributed by atoms with Crippen LogP contribution >= 0.6 is 0 Å². The van der Waals surface area contributed by atoms with Crippen LogP contribution in [0, 0.1) is 0 Å². The third kappa shape index (κ3) is 2.87. The number of aromatic nitrogens is 2. The van der Waals surface area contributed by atoms with Crippen LogP contribution in [0.3, 0.4) is 0 Å². The third-order valence-corrected chi connectivity index (χ3v) is 4.66. The maximum absolute atomic E-state index is 11.7. The number of rotatable bonds is 3. The molecule has 0 N–H and O–H groups in total. The zero-order valence-electron chi connectivity index (χ0n) is 13.6. The standard InChI is InChI=1S/C17H20N4O3/c1-20-11-17(23-16(20)22)5-3-7-21(12-17)10-14-8-15(19-24-14)13-4-2-6-18-9-13/h2,4,6,8-9H,3,5,7,10-12H2,1H3. The van der Waals surface area contributed by atoms with Gasteiger partial charge in [0.2, 0.25) is 0 Å². The summed E-state index contributed by atoms with van der Waals surface area (Å²) in [6.07, 6.45) is 5.19. The van der Waals surface area contributed by atoms with Crippen LogP contribution in [0.4, 0.5) is 4.79 Å². The summed E-state index contributed by atoms with van der Waals surface area (Å²) in [4.78, 5) is 19.7. The SMILES string of the molecule is CN1CC2(CCCN(Cc3cc(-c4cccnc4)no3)C2)OC1=O. The smallest absolute Gasteiger partial charge is 0.410 e. The van der Waals surface area contributed by atoms with Crippen molar-refractivity contribution in [1.82, 2.24) is 19.9 Å². The van der Waals surface area contributed by atoms with Crippen molar-refractivity contribution in [2.75, 3.05) is 26.7 Å². The Hall–Kier alpha value is -2.41. The number of carbonyl (C=O) groups is 1. The van der Waals surface area contributed by atoms with Gasteiger partial charge in [-0.15, -0.1) is 0 Å². The Bertz CT molecular complexity index is 732. The minimum Gasteiger partial charge on any atom is -0.440 e. The number of likely N-dealkylation sites (tertiary alicyclic amines) is 1. The lowest BCUT2D eigenvalue weighted by Crippen LogP contribution is -2.50. The molecule has 1 amide bonds. The predicted octanol–water partition coefficient (Wildman–Crippen LogP) is 2.15. The Kier molecular flexibility index (Phi) is 3.72. The molecular formula is C17H20N4O3. The molecule has 2 aliphatic heterocycles. The van der Waals surface area contributed by atoms with Crippen LogP contribution in [0.5, 0.6) is 0 Å². The van der Waals surface area contributed by atoms with Crippen LogP contribution in [-0.2, 0) is 11.3 Å². The highest BCUT2D eigenvalue weighted by molar-refractivity contribution is 5.70. The summed E-state index contributed by atoms with van der Waals surface area (Å²) in [5.74, 6) is 0.809. The molecule has 2 aliphatic rings. The molecule has 2 aromatic heterocycles. The number of carbonyl (C=O) groups excluding carboxylic acids is 1. The zero-order chi connectivity index (χ0) is 16.6. The van der Waals surface area contributed by atoms with Crippen LogP contribution in [0.25, 0.3) is 11.3 Å². The van der Waals surface area contributed by atoms with E-state index in [2.05, 4.69) is 15.0 Å². The van der Waals surface area contributed by atoms with Gasteiger partial charge in [0, 0.05) is 37.6 Å². The van der Waals surface area contributed by atoms with E-state index in [-0.39, 0.29) is 11.7 Å². The van der Waals surface area contributed by atoms with Crippen molar-refractivity contribution in [2.24, 2.45) is 0 Å². The quantitative estimate of drug-likeness (QED) is 0.860. The van der Waals surface area contributed by atoms with Gasteiger partial charge in [-0.05, 0) is 31.5 Å². The minimum atomic E-state index is -0.379. The number of piperidine rings is 1. The Labute approximate surface area is 140 Å². The summed E-state index contributed by atoms with van der Waals surface area (Å²) in [6, 6.07) is 5.78. The van der Waals surface area contributed by atoms with Crippen LogP contribution in [0.15, 0.2) is 35.1 Å². The van der Waals surface area contributed by atoms with Gasteiger partial charge < -0.3 is 14.2 Å². The summed E-state index contributed by atoms with van der Waals surface area (Å²) >= 11 is 0. The first-order valence-corrected chi connectivity index (χ1v) is 8.16. The van der Waals surface area contributed by atoms with E-state index in [9.17, 15) is 4.79 Å².